The number of hydrogen-bond donors (Lipinski definition) is 4. The highest BCUT2D eigenvalue weighted by atomic mass is 15.4. The van der Waals surface area contributed by atoms with Crippen molar-refractivity contribution in [2.75, 3.05) is 0 Å². The molecular weight excluding hydrogens is 336 g/mol. The molecule has 0 radical (unpaired) electrons. The molecule has 1 heterocycles. The molecule has 0 bridgehead atoms. The van der Waals surface area contributed by atoms with E-state index in [1.165, 1.54) is 11.1 Å². The first kappa shape index (κ1) is 18.9. The van der Waals surface area contributed by atoms with Gasteiger partial charge in [-0.1, -0.05) is 67.1 Å². The number of nitrogens with one attached hydrogen (secondary N) is 2. The van der Waals surface area contributed by atoms with Crippen LogP contribution in [-0.2, 0) is 6.42 Å². The summed E-state index contributed by atoms with van der Waals surface area (Å²) < 4.78 is 0. The second-order valence-electron chi connectivity index (χ2n) is 6.97. The van der Waals surface area contributed by atoms with E-state index in [1.54, 1.807) is 0 Å². The van der Waals surface area contributed by atoms with Gasteiger partial charge in [0.2, 0.25) is 5.96 Å². The molecule has 27 heavy (non-hydrogen) atoms. The number of rotatable bonds is 6. The van der Waals surface area contributed by atoms with Crippen molar-refractivity contribution in [2.24, 2.45) is 21.5 Å². The molecule has 0 fully saturated rings. The molecule has 0 saturated heterocycles. The van der Waals surface area contributed by atoms with Crippen LogP contribution in [0.2, 0.25) is 0 Å². The molecule has 2 aromatic rings. The smallest absolute Gasteiger partial charge is 0.201 e. The molecule has 1 aliphatic rings. The first-order valence-electron chi connectivity index (χ1n) is 9.35. The van der Waals surface area contributed by atoms with E-state index < -0.39 is 5.79 Å². The third kappa shape index (κ3) is 5.08. The lowest BCUT2D eigenvalue weighted by molar-refractivity contribution is 0.368. The Bertz CT molecular complexity index is 812. The summed E-state index contributed by atoms with van der Waals surface area (Å²) in [5, 5.41) is 6.22. The van der Waals surface area contributed by atoms with Gasteiger partial charge in [0.15, 0.2) is 11.7 Å². The van der Waals surface area contributed by atoms with Crippen LogP contribution in [0, 0.1) is 6.92 Å². The SMILES string of the molecule is CC[C@H](N=C1NC(N)=NC(N)(CCc2ccc(C)cc2)N1)c1ccccc1. The summed E-state index contributed by atoms with van der Waals surface area (Å²) in [6.45, 7) is 4.18. The zero-order valence-corrected chi connectivity index (χ0v) is 15.9. The molecule has 0 amide bonds. The highest BCUT2D eigenvalue weighted by molar-refractivity contribution is 6.00. The largest absolute Gasteiger partial charge is 0.370 e. The van der Waals surface area contributed by atoms with Crippen LogP contribution in [0.4, 0.5) is 0 Å². The molecule has 0 spiro atoms. The summed E-state index contributed by atoms with van der Waals surface area (Å²) >= 11 is 0. The fourth-order valence-electron chi connectivity index (χ4n) is 3.13. The van der Waals surface area contributed by atoms with Crippen LogP contribution in [0.15, 0.2) is 64.6 Å². The van der Waals surface area contributed by atoms with Crippen molar-refractivity contribution in [3.8, 4) is 0 Å². The average molecular weight is 364 g/mol. The fourth-order valence-corrected chi connectivity index (χ4v) is 3.13. The number of nitrogens with two attached hydrogens (primary N) is 2. The summed E-state index contributed by atoms with van der Waals surface area (Å²) in [4.78, 5) is 9.16. The van der Waals surface area contributed by atoms with Crippen LogP contribution in [0.25, 0.3) is 0 Å². The molecule has 0 aliphatic carbocycles. The van der Waals surface area contributed by atoms with Crippen molar-refractivity contribution < 1.29 is 0 Å². The molecular formula is C21H28N6. The summed E-state index contributed by atoms with van der Waals surface area (Å²) in [6.07, 6.45) is 2.28. The van der Waals surface area contributed by atoms with Crippen molar-refractivity contribution in [2.45, 2.75) is 44.9 Å². The maximum atomic E-state index is 6.47. The first-order chi connectivity index (χ1) is 13.0. The average Bonchev–Trinajstić information content (AvgIpc) is 2.66. The molecule has 142 valence electrons. The van der Waals surface area contributed by atoms with Crippen molar-refractivity contribution in [1.82, 2.24) is 10.6 Å². The Morgan fingerprint density at radius 2 is 1.81 bits per heavy atom. The van der Waals surface area contributed by atoms with Crippen LogP contribution in [0.1, 0.15) is 42.5 Å². The molecule has 0 saturated carbocycles. The third-order valence-electron chi connectivity index (χ3n) is 4.67. The van der Waals surface area contributed by atoms with Crippen LogP contribution in [0.3, 0.4) is 0 Å². The van der Waals surface area contributed by atoms with Crippen molar-refractivity contribution in [3.63, 3.8) is 0 Å². The zero-order valence-electron chi connectivity index (χ0n) is 15.9. The minimum Gasteiger partial charge on any atom is -0.370 e. The molecule has 0 aromatic heterocycles. The van der Waals surface area contributed by atoms with E-state index in [9.17, 15) is 0 Å². The van der Waals surface area contributed by atoms with Crippen molar-refractivity contribution >= 4 is 11.9 Å². The van der Waals surface area contributed by atoms with Crippen LogP contribution >= 0.6 is 0 Å². The predicted octanol–water partition coefficient (Wildman–Crippen LogP) is 2.55. The molecule has 1 unspecified atom stereocenters. The summed E-state index contributed by atoms with van der Waals surface area (Å²) in [5.74, 6) is -0.139. The Labute approximate surface area is 160 Å². The number of aryl methyl sites for hydroxylation is 2. The van der Waals surface area contributed by atoms with Gasteiger partial charge >= 0.3 is 0 Å². The molecule has 3 rings (SSSR count). The van der Waals surface area contributed by atoms with E-state index in [-0.39, 0.29) is 12.0 Å². The van der Waals surface area contributed by atoms with E-state index in [4.69, 9.17) is 16.5 Å². The predicted molar refractivity (Wildman–Crippen MR) is 111 cm³/mol. The number of benzene rings is 2. The summed E-state index contributed by atoms with van der Waals surface area (Å²) in [7, 11) is 0. The third-order valence-corrected chi connectivity index (χ3v) is 4.67. The Hall–Kier alpha value is -2.86. The maximum Gasteiger partial charge on any atom is 0.201 e. The molecule has 2 atom stereocenters. The quantitative estimate of drug-likeness (QED) is 0.633. The maximum absolute atomic E-state index is 6.47. The first-order valence-corrected chi connectivity index (χ1v) is 9.35. The van der Waals surface area contributed by atoms with Gasteiger partial charge in [-0.3, -0.25) is 11.1 Å². The van der Waals surface area contributed by atoms with Gasteiger partial charge in [-0.25, -0.2) is 9.98 Å². The molecule has 1 aliphatic heterocycles. The van der Waals surface area contributed by atoms with E-state index in [2.05, 4.69) is 65.9 Å². The lowest BCUT2D eigenvalue weighted by Gasteiger charge is -2.33. The lowest BCUT2D eigenvalue weighted by Crippen LogP contribution is -2.65. The van der Waals surface area contributed by atoms with E-state index in [0.29, 0.717) is 12.4 Å². The molecule has 6 nitrogen and oxygen atoms in total. The minimum absolute atomic E-state index is 0.0217. The summed E-state index contributed by atoms with van der Waals surface area (Å²) in [5.41, 5.74) is 16.1. The number of aliphatic imine (C=N–C) groups is 2. The number of guanidine groups is 2. The number of nitrogens with zero attached hydrogens (tertiary/aromatic N) is 2. The van der Waals surface area contributed by atoms with E-state index >= 15 is 0 Å². The zero-order chi connectivity index (χ0) is 19.3. The lowest BCUT2D eigenvalue weighted by atomic mass is 10.0. The highest BCUT2D eigenvalue weighted by Gasteiger charge is 2.30. The fraction of sp³-hybridized carbons (Fsp3) is 0.333. The van der Waals surface area contributed by atoms with Gasteiger partial charge in [-0.15, -0.1) is 0 Å². The Morgan fingerprint density at radius 1 is 1.11 bits per heavy atom. The molecule has 6 N–H and O–H groups in total. The highest BCUT2D eigenvalue weighted by Crippen LogP contribution is 2.21. The monoisotopic (exact) mass is 364 g/mol. The standard InChI is InChI=1S/C21H28N6/c1-3-18(17-7-5-4-6-8-17)24-20-25-19(22)26-21(23,27-20)14-13-16-11-9-15(2)10-12-16/h4-12,18H,3,13-14,23H2,1-2H3,(H4,22,24,25,26,27)/t18-,21?/m0/s1. The van der Waals surface area contributed by atoms with Gasteiger partial charge in [0.25, 0.3) is 0 Å². The van der Waals surface area contributed by atoms with Gasteiger partial charge in [-0.2, -0.15) is 0 Å². The number of hydrogen-bond acceptors (Lipinski definition) is 4. The molecule has 6 heteroatoms. The van der Waals surface area contributed by atoms with Gasteiger partial charge in [0, 0.05) is 6.42 Å². The van der Waals surface area contributed by atoms with E-state index in [1.807, 2.05) is 18.2 Å². The van der Waals surface area contributed by atoms with Gasteiger partial charge in [0.05, 0.1) is 6.04 Å². The Morgan fingerprint density at radius 3 is 2.48 bits per heavy atom. The Kier molecular flexibility index (Phi) is 5.76. The second kappa shape index (κ2) is 8.22. The Balaban J connectivity index is 1.74. The van der Waals surface area contributed by atoms with Gasteiger partial charge in [-0.05, 0) is 30.9 Å². The van der Waals surface area contributed by atoms with Crippen molar-refractivity contribution in [3.05, 3.63) is 71.3 Å². The minimum atomic E-state index is -0.978. The topological polar surface area (TPSA) is 101 Å². The van der Waals surface area contributed by atoms with E-state index in [0.717, 1.165) is 18.4 Å². The summed E-state index contributed by atoms with van der Waals surface area (Å²) in [6, 6.07) is 18.6. The van der Waals surface area contributed by atoms with Crippen LogP contribution in [0.5, 0.6) is 0 Å². The van der Waals surface area contributed by atoms with Crippen molar-refractivity contribution in [1.29, 1.82) is 0 Å². The second-order valence-corrected chi connectivity index (χ2v) is 6.97. The molecule has 2 aromatic carbocycles. The van der Waals surface area contributed by atoms with Gasteiger partial charge < -0.3 is 11.1 Å². The normalized spacial score (nSPS) is 21.9. The van der Waals surface area contributed by atoms with Crippen LogP contribution in [-0.4, -0.2) is 17.7 Å². The van der Waals surface area contributed by atoms with Gasteiger partial charge in [0.1, 0.15) is 0 Å². The van der Waals surface area contributed by atoms with Crippen LogP contribution < -0.4 is 22.1 Å².